The summed E-state index contributed by atoms with van der Waals surface area (Å²) in [4.78, 5) is 27.2. The summed E-state index contributed by atoms with van der Waals surface area (Å²) < 4.78 is 10.7. The van der Waals surface area contributed by atoms with E-state index in [0.29, 0.717) is 6.61 Å². The Labute approximate surface area is 213 Å². The Bertz CT molecular complexity index is 1190. The molecule has 5 rings (SSSR count). The van der Waals surface area contributed by atoms with Crippen LogP contribution in [0.25, 0.3) is 11.4 Å². The molecule has 0 radical (unpaired) electrons. The lowest BCUT2D eigenvalue weighted by Crippen LogP contribution is -2.39. The molecule has 0 atom stereocenters. The predicted molar refractivity (Wildman–Crippen MR) is 140 cm³/mol. The van der Waals surface area contributed by atoms with E-state index in [2.05, 4.69) is 34.1 Å². The first-order valence-corrected chi connectivity index (χ1v) is 12.9. The number of carbonyl (C=O) groups excluding carboxylic acids is 1. The van der Waals surface area contributed by atoms with Crippen molar-refractivity contribution in [2.75, 3.05) is 38.3 Å². The topological polar surface area (TPSA) is 67.8 Å². The van der Waals surface area contributed by atoms with Crippen LogP contribution in [0.5, 0.6) is 5.75 Å². The quantitative estimate of drug-likeness (QED) is 0.456. The van der Waals surface area contributed by atoms with Crippen molar-refractivity contribution in [2.24, 2.45) is 5.92 Å². The fraction of sp³-hybridized carbons (Fsp3) is 0.414. The molecule has 3 aromatic rings. The first kappa shape index (κ1) is 24.3. The van der Waals surface area contributed by atoms with Crippen LogP contribution in [0.4, 0.5) is 5.82 Å². The Morgan fingerprint density at radius 2 is 1.83 bits per heavy atom. The molecule has 0 saturated carbocycles. The molecule has 0 amide bonds. The second-order valence-corrected chi connectivity index (χ2v) is 9.49. The van der Waals surface area contributed by atoms with Gasteiger partial charge < -0.3 is 14.4 Å². The summed E-state index contributed by atoms with van der Waals surface area (Å²) in [5, 5.41) is 0. The number of esters is 1. The molecule has 2 aliphatic rings. The van der Waals surface area contributed by atoms with Gasteiger partial charge in [-0.05, 0) is 37.5 Å². The fourth-order valence-electron chi connectivity index (χ4n) is 5.18. The average Bonchev–Trinajstić information content (AvgIpc) is 2.93. The minimum absolute atomic E-state index is 0.0305. The van der Waals surface area contributed by atoms with Crippen LogP contribution in [0, 0.1) is 5.92 Å². The lowest BCUT2D eigenvalue weighted by atomic mass is 9.96. The average molecular weight is 487 g/mol. The summed E-state index contributed by atoms with van der Waals surface area (Å²) in [7, 11) is 1.70. The van der Waals surface area contributed by atoms with E-state index in [1.165, 1.54) is 11.1 Å². The van der Waals surface area contributed by atoms with Gasteiger partial charge in [0.15, 0.2) is 5.82 Å². The summed E-state index contributed by atoms with van der Waals surface area (Å²) in [6, 6.07) is 18.5. The number of carbonyl (C=O) groups is 1. The number of methoxy groups -OCH3 is 1. The maximum Gasteiger partial charge on any atom is 0.309 e. The number of hydrogen-bond acceptors (Lipinski definition) is 7. The van der Waals surface area contributed by atoms with E-state index in [9.17, 15) is 4.79 Å². The number of benzene rings is 2. The Morgan fingerprint density at radius 3 is 2.58 bits per heavy atom. The van der Waals surface area contributed by atoms with Crippen molar-refractivity contribution in [1.29, 1.82) is 0 Å². The molecule has 2 aromatic carbocycles. The zero-order valence-corrected chi connectivity index (χ0v) is 21.2. The molecule has 188 valence electrons. The molecule has 1 aromatic heterocycles. The molecule has 0 aliphatic carbocycles. The molecule has 36 heavy (non-hydrogen) atoms. The van der Waals surface area contributed by atoms with Gasteiger partial charge in [0.05, 0.1) is 25.3 Å². The van der Waals surface area contributed by atoms with E-state index in [1.807, 2.05) is 37.3 Å². The molecule has 7 heteroatoms. The number of aromatic nitrogens is 2. The Balaban J connectivity index is 1.42. The third-order valence-electron chi connectivity index (χ3n) is 7.10. The van der Waals surface area contributed by atoms with E-state index < -0.39 is 0 Å². The van der Waals surface area contributed by atoms with E-state index in [-0.39, 0.29) is 11.9 Å². The van der Waals surface area contributed by atoms with Crippen molar-refractivity contribution >= 4 is 11.8 Å². The van der Waals surface area contributed by atoms with Crippen LogP contribution in [0.1, 0.15) is 36.6 Å². The minimum Gasteiger partial charge on any atom is -0.497 e. The van der Waals surface area contributed by atoms with Crippen molar-refractivity contribution in [1.82, 2.24) is 14.9 Å². The third-order valence-corrected chi connectivity index (χ3v) is 7.10. The van der Waals surface area contributed by atoms with Crippen LogP contribution in [0.2, 0.25) is 0 Å². The SMILES string of the molecule is CCOC(=O)C1CCN(c2nc(-c3ccccc3)nc3c2CN(Cc2cccc(OC)c2)CC3)CC1. The Hall–Kier alpha value is -3.45. The second-order valence-electron chi connectivity index (χ2n) is 9.49. The van der Waals surface area contributed by atoms with Gasteiger partial charge in [-0.2, -0.15) is 0 Å². The normalized spacial score (nSPS) is 16.4. The van der Waals surface area contributed by atoms with Crippen LogP contribution in [0.15, 0.2) is 54.6 Å². The van der Waals surface area contributed by atoms with Crippen molar-refractivity contribution in [2.45, 2.75) is 39.3 Å². The maximum absolute atomic E-state index is 12.3. The van der Waals surface area contributed by atoms with E-state index in [4.69, 9.17) is 19.4 Å². The lowest BCUT2D eigenvalue weighted by molar-refractivity contribution is -0.148. The van der Waals surface area contributed by atoms with Crippen molar-refractivity contribution in [3.8, 4) is 17.1 Å². The zero-order chi connectivity index (χ0) is 24.9. The Kier molecular flexibility index (Phi) is 7.47. The number of nitrogens with zero attached hydrogens (tertiary/aromatic N) is 4. The molecule has 1 saturated heterocycles. The van der Waals surface area contributed by atoms with Crippen molar-refractivity contribution in [3.05, 3.63) is 71.4 Å². The van der Waals surface area contributed by atoms with Gasteiger partial charge in [0.1, 0.15) is 11.6 Å². The van der Waals surface area contributed by atoms with Crippen LogP contribution >= 0.6 is 0 Å². The van der Waals surface area contributed by atoms with Crippen LogP contribution in [0.3, 0.4) is 0 Å². The molecule has 3 heterocycles. The smallest absolute Gasteiger partial charge is 0.309 e. The Morgan fingerprint density at radius 1 is 1.03 bits per heavy atom. The van der Waals surface area contributed by atoms with Gasteiger partial charge in [0, 0.05) is 50.3 Å². The summed E-state index contributed by atoms with van der Waals surface area (Å²) >= 11 is 0. The van der Waals surface area contributed by atoms with Crippen LogP contribution < -0.4 is 9.64 Å². The van der Waals surface area contributed by atoms with Crippen molar-refractivity contribution in [3.63, 3.8) is 0 Å². The first-order chi connectivity index (χ1) is 17.6. The monoisotopic (exact) mass is 486 g/mol. The number of rotatable bonds is 7. The molecule has 0 bridgehead atoms. The van der Waals surface area contributed by atoms with Gasteiger partial charge in [-0.3, -0.25) is 9.69 Å². The highest BCUT2D eigenvalue weighted by Gasteiger charge is 2.30. The van der Waals surface area contributed by atoms with E-state index >= 15 is 0 Å². The molecule has 1 fully saturated rings. The zero-order valence-electron chi connectivity index (χ0n) is 21.2. The maximum atomic E-state index is 12.3. The second kappa shape index (κ2) is 11.1. The summed E-state index contributed by atoms with van der Waals surface area (Å²) in [5.41, 5.74) is 4.60. The molecule has 0 N–H and O–H groups in total. The third kappa shape index (κ3) is 5.36. The number of ether oxygens (including phenoxy) is 2. The number of anilines is 1. The van der Waals surface area contributed by atoms with Crippen molar-refractivity contribution < 1.29 is 14.3 Å². The molecule has 7 nitrogen and oxygen atoms in total. The van der Waals surface area contributed by atoms with Gasteiger partial charge in [-0.25, -0.2) is 9.97 Å². The van der Waals surface area contributed by atoms with E-state index in [1.54, 1.807) is 7.11 Å². The van der Waals surface area contributed by atoms with Gasteiger partial charge in [0.2, 0.25) is 0 Å². The highest BCUT2D eigenvalue weighted by Crippen LogP contribution is 2.33. The number of fused-ring (bicyclic) bond motifs is 1. The minimum atomic E-state index is -0.0729. The molecular formula is C29H34N4O3. The highest BCUT2D eigenvalue weighted by atomic mass is 16.5. The highest BCUT2D eigenvalue weighted by molar-refractivity contribution is 5.73. The summed E-state index contributed by atoms with van der Waals surface area (Å²) in [6.07, 6.45) is 2.45. The molecule has 2 aliphatic heterocycles. The fourth-order valence-corrected chi connectivity index (χ4v) is 5.18. The predicted octanol–water partition coefficient (Wildman–Crippen LogP) is 4.49. The summed E-state index contributed by atoms with van der Waals surface area (Å²) in [6.45, 7) is 6.47. The summed E-state index contributed by atoms with van der Waals surface area (Å²) in [5.74, 6) is 2.56. The largest absolute Gasteiger partial charge is 0.497 e. The lowest BCUT2D eigenvalue weighted by Gasteiger charge is -2.36. The first-order valence-electron chi connectivity index (χ1n) is 12.9. The number of piperidine rings is 1. The number of hydrogen-bond donors (Lipinski definition) is 0. The van der Waals surface area contributed by atoms with E-state index in [0.717, 1.165) is 80.6 Å². The van der Waals surface area contributed by atoms with Gasteiger partial charge >= 0.3 is 5.97 Å². The van der Waals surface area contributed by atoms with Gasteiger partial charge in [-0.15, -0.1) is 0 Å². The van der Waals surface area contributed by atoms with Gasteiger partial charge in [-0.1, -0.05) is 42.5 Å². The molecule has 0 spiro atoms. The van der Waals surface area contributed by atoms with Crippen LogP contribution in [-0.4, -0.2) is 54.2 Å². The standard InChI is InChI=1S/C29H34N4O3/c1-3-36-29(34)23-12-16-33(17-13-23)28-25-20-32(19-21-8-7-11-24(18-21)35-2)15-14-26(25)30-27(31-28)22-9-5-4-6-10-22/h4-11,18,23H,3,12-17,19-20H2,1-2H3. The van der Waals surface area contributed by atoms with Gasteiger partial charge in [0.25, 0.3) is 0 Å². The van der Waals surface area contributed by atoms with Crippen LogP contribution in [-0.2, 0) is 29.0 Å². The molecular weight excluding hydrogens is 452 g/mol. The molecule has 0 unspecified atom stereocenters.